The van der Waals surface area contributed by atoms with E-state index in [0.29, 0.717) is 22.9 Å². The monoisotopic (exact) mass is 310 g/mol. The number of anilines is 1. The summed E-state index contributed by atoms with van der Waals surface area (Å²) in [5, 5.41) is 10.2. The van der Waals surface area contributed by atoms with E-state index in [4.69, 9.17) is 15.2 Å². The third kappa shape index (κ3) is 3.70. The summed E-state index contributed by atoms with van der Waals surface area (Å²) in [5.74, 6) is 2.08. The van der Waals surface area contributed by atoms with Gasteiger partial charge in [0.1, 0.15) is 23.9 Å². The summed E-state index contributed by atoms with van der Waals surface area (Å²) < 4.78 is 11.4. The largest absolute Gasteiger partial charge is 0.491 e. The van der Waals surface area contributed by atoms with Crippen LogP contribution >= 0.6 is 0 Å². The minimum Gasteiger partial charge on any atom is -0.491 e. The topological polar surface area (TPSA) is 77.6 Å². The first-order chi connectivity index (χ1) is 11.1. The lowest BCUT2D eigenvalue weighted by atomic mass is 10.2. The predicted molar refractivity (Wildman–Crippen MR) is 89.8 cm³/mol. The average molecular weight is 310 g/mol. The average Bonchev–Trinajstić information content (AvgIpc) is 2.55. The zero-order chi connectivity index (χ0) is 16.2. The number of aromatic nitrogens is 1. The van der Waals surface area contributed by atoms with Crippen molar-refractivity contribution < 1.29 is 14.6 Å². The Labute approximate surface area is 134 Å². The number of hydrogen-bond acceptors (Lipinski definition) is 5. The number of nitrogen functional groups attached to an aromatic ring is 1. The molecule has 5 heteroatoms. The lowest BCUT2D eigenvalue weighted by molar-refractivity contribution is 0.123. The van der Waals surface area contributed by atoms with Gasteiger partial charge in [-0.05, 0) is 49.4 Å². The standard InChI is InChI=1S/C18H18N2O3/c1-12(21)11-22-15-6-7-16-17(10-15)20-9-8-18(16)23-14-4-2-13(19)3-5-14/h2-10,12,21H,11,19H2,1H3/t12-/m1/s1. The van der Waals surface area contributed by atoms with Gasteiger partial charge in [-0.15, -0.1) is 0 Å². The molecule has 23 heavy (non-hydrogen) atoms. The maximum Gasteiger partial charge on any atom is 0.138 e. The van der Waals surface area contributed by atoms with Crippen molar-refractivity contribution >= 4 is 16.6 Å². The van der Waals surface area contributed by atoms with Crippen LogP contribution in [0, 0.1) is 0 Å². The van der Waals surface area contributed by atoms with Crippen molar-refractivity contribution in [2.24, 2.45) is 0 Å². The van der Waals surface area contributed by atoms with Crippen LogP contribution in [0.5, 0.6) is 17.2 Å². The highest BCUT2D eigenvalue weighted by Crippen LogP contribution is 2.31. The first-order valence-corrected chi connectivity index (χ1v) is 7.35. The lowest BCUT2D eigenvalue weighted by Gasteiger charge is -2.11. The molecule has 0 saturated heterocycles. The molecular formula is C18H18N2O3. The summed E-state index contributed by atoms with van der Waals surface area (Å²) in [5.41, 5.74) is 7.14. The third-order valence-electron chi connectivity index (χ3n) is 3.27. The fourth-order valence-corrected chi connectivity index (χ4v) is 2.16. The number of fused-ring (bicyclic) bond motifs is 1. The number of nitrogens with zero attached hydrogens (tertiary/aromatic N) is 1. The van der Waals surface area contributed by atoms with Crippen LogP contribution in [0.1, 0.15) is 6.92 Å². The van der Waals surface area contributed by atoms with Gasteiger partial charge in [0.25, 0.3) is 0 Å². The SMILES string of the molecule is C[C@@H](O)COc1ccc2c(Oc3ccc(N)cc3)ccnc2c1. The zero-order valence-corrected chi connectivity index (χ0v) is 12.8. The van der Waals surface area contributed by atoms with E-state index in [0.717, 1.165) is 10.9 Å². The molecule has 0 unspecified atom stereocenters. The van der Waals surface area contributed by atoms with Crippen molar-refractivity contribution in [2.75, 3.05) is 12.3 Å². The van der Waals surface area contributed by atoms with Crippen molar-refractivity contribution in [2.45, 2.75) is 13.0 Å². The molecule has 2 aromatic carbocycles. The van der Waals surface area contributed by atoms with Crippen LogP contribution in [0.25, 0.3) is 10.9 Å². The Morgan fingerprint density at radius 1 is 1.09 bits per heavy atom. The van der Waals surface area contributed by atoms with Gasteiger partial charge in [0.2, 0.25) is 0 Å². The molecule has 3 rings (SSSR count). The molecule has 0 aliphatic heterocycles. The zero-order valence-electron chi connectivity index (χ0n) is 12.8. The van der Waals surface area contributed by atoms with Crippen LogP contribution in [-0.4, -0.2) is 22.8 Å². The van der Waals surface area contributed by atoms with E-state index >= 15 is 0 Å². The smallest absolute Gasteiger partial charge is 0.138 e. The summed E-state index contributed by atoms with van der Waals surface area (Å²) in [7, 11) is 0. The van der Waals surface area contributed by atoms with E-state index in [1.54, 1.807) is 25.3 Å². The van der Waals surface area contributed by atoms with Crippen molar-refractivity contribution in [3.63, 3.8) is 0 Å². The van der Waals surface area contributed by atoms with Crippen molar-refractivity contribution in [1.29, 1.82) is 0 Å². The summed E-state index contributed by atoms with van der Waals surface area (Å²) in [4.78, 5) is 4.34. The molecular weight excluding hydrogens is 292 g/mol. The van der Waals surface area contributed by atoms with Crippen LogP contribution in [0.15, 0.2) is 54.7 Å². The molecule has 0 bridgehead atoms. The molecule has 0 amide bonds. The maximum atomic E-state index is 9.29. The second-order valence-corrected chi connectivity index (χ2v) is 5.32. The molecule has 3 aromatic rings. The molecule has 118 valence electrons. The van der Waals surface area contributed by atoms with E-state index in [1.165, 1.54) is 0 Å². The molecule has 1 atom stereocenters. The summed E-state index contributed by atoms with van der Waals surface area (Å²) >= 11 is 0. The minimum absolute atomic E-state index is 0.243. The highest BCUT2D eigenvalue weighted by molar-refractivity contribution is 5.86. The van der Waals surface area contributed by atoms with Crippen molar-refractivity contribution in [3.8, 4) is 17.2 Å². The van der Waals surface area contributed by atoms with Crippen LogP contribution in [0.3, 0.4) is 0 Å². The quantitative estimate of drug-likeness (QED) is 0.706. The second kappa shape index (κ2) is 6.54. The number of ether oxygens (including phenoxy) is 2. The molecule has 0 fully saturated rings. The van der Waals surface area contributed by atoms with Gasteiger partial charge in [0.15, 0.2) is 0 Å². The number of hydrogen-bond donors (Lipinski definition) is 2. The van der Waals surface area contributed by atoms with Crippen molar-refractivity contribution in [3.05, 3.63) is 54.7 Å². The Morgan fingerprint density at radius 3 is 2.57 bits per heavy atom. The van der Waals surface area contributed by atoms with Crippen LogP contribution in [0.2, 0.25) is 0 Å². The minimum atomic E-state index is -0.515. The van der Waals surface area contributed by atoms with Gasteiger partial charge < -0.3 is 20.3 Å². The number of nitrogens with two attached hydrogens (primary N) is 1. The Balaban J connectivity index is 1.87. The molecule has 0 aliphatic carbocycles. The molecule has 0 aliphatic rings. The Hall–Kier alpha value is -2.79. The van der Waals surface area contributed by atoms with Gasteiger partial charge in [-0.3, -0.25) is 4.98 Å². The second-order valence-electron chi connectivity index (χ2n) is 5.32. The van der Waals surface area contributed by atoms with E-state index in [2.05, 4.69) is 4.98 Å². The first-order valence-electron chi connectivity index (χ1n) is 7.35. The lowest BCUT2D eigenvalue weighted by Crippen LogP contribution is -2.12. The van der Waals surface area contributed by atoms with Gasteiger partial charge in [0, 0.05) is 23.3 Å². The number of pyridine rings is 1. The molecule has 1 heterocycles. The van der Waals surface area contributed by atoms with Gasteiger partial charge in [-0.1, -0.05) is 0 Å². The number of aliphatic hydroxyl groups is 1. The van der Waals surface area contributed by atoms with Gasteiger partial charge in [-0.2, -0.15) is 0 Å². The van der Waals surface area contributed by atoms with Crippen LogP contribution in [0.4, 0.5) is 5.69 Å². The normalized spacial score (nSPS) is 12.1. The number of benzene rings is 2. The Morgan fingerprint density at radius 2 is 1.83 bits per heavy atom. The van der Waals surface area contributed by atoms with Gasteiger partial charge >= 0.3 is 0 Å². The van der Waals surface area contributed by atoms with Crippen LogP contribution < -0.4 is 15.2 Å². The van der Waals surface area contributed by atoms with E-state index < -0.39 is 6.10 Å². The van der Waals surface area contributed by atoms with E-state index in [9.17, 15) is 5.11 Å². The first kappa shape index (κ1) is 15.1. The molecule has 0 spiro atoms. The fraction of sp³-hybridized carbons (Fsp3) is 0.167. The van der Waals surface area contributed by atoms with Crippen molar-refractivity contribution in [1.82, 2.24) is 4.98 Å². The van der Waals surface area contributed by atoms with Crippen LogP contribution in [-0.2, 0) is 0 Å². The fourth-order valence-electron chi connectivity index (χ4n) is 2.16. The summed E-state index contributed by atoms with van der Waals surface area (Å²) in [6, 6.07) is 14.6. The maximum absolute atomic E-state index is 9.29. The summed E-state index contributed by atoms with van der Waals surface area (Å²) in [6.07, 6.45) is 1.17. The molecule has 0 radical (unpaired) electrons. The predicted octanol–water partition coefficient (Wildman–Crippen LogP) is 3.37. The molecule has 0 saturated carbocycles. The van der Waals surface area contributed by atoms with E-state index in [1.807, 2.05) is 36.4 Å². The number of aliphatic hydroxyl groups excluding tert-OH is 1. The number of rotatable bonds is 5. The third-order valence-corrected chi connectivity index (χ3v) is 3.27. The summed E-state index contributed by atoms with van der Waals surface area (Å²) in [6.45, 7) is 1.92. The Bertz CT molecular complexity index is 801. The highest BCUT2D eigenvalue weighted by atomic mass is 16.5. The molecule has 5 nitrogen and oxygen atoms in total. The Kier molecular flexibility index (Phi) is 4.30. The highest BCUT2D eigenvalue weighted by Gasteiger charge is 2.07. The van der Waals surface area contributed by atoms with Gasteiger partial charge in [0.05, 0.1) is 11.6 Å². The van der Waals surface area contributed by atoms with E-state index in [-0.39, 0.29) is 6.61 Å². The van der Waals surface area contributed by atoms with Gasteiger partial charge in [-0.25, -0.2) is 0 Å². The molecule has 3 N–H and O–H groups in total. The molecule has 1 aromatic heterocycles.